The van der Waals surface area contributed by atoms with Crippen molar-refractivity contribution in [3.8, 4) is 0 Å². The third-order valence-corrected chi connectivity index (χ3v) is 4.10. The molecule has 120 valence electrons. The Morgan fingerprint density at radius 3 is 2.09 bits per heavy atom. The van der Waals surface area contributed by atoms with Crippen molar-refractivity contribution in [1.82, 2.24) is 10.2 Å². The molecule has 1 N–H and O–H groups in total. The van der Waals surface area contributed by atoms with E-state index in [-0.39, 0.29) is 18.2 Å². The summed E-state index contributed by atoms with van der Waals surface area (Å²) in [5.74, 6) is 0. The number of likely N-dealkylation sites (tertiary alicyclic amines) is 1. The van der Waals surface area contributed by atoms with Crippen molar-refractivity contribution in [2.24, 2.45) is 0 Å². The molecule has 2 aromatic carbocycles. The van der Waals surface area contributed by atoms with E-state index in [2.05, 4.69) is 58.7 Å². The molecule has 23 heavy (non-hydrogen) atoms. The molecule has 1 fully saturated rings. The number of nitrogens with one attached hydrogen (secondary N) is 1. The molecule has 0 bridgehead atoms. The molecule has 1 aliphatic rings. The molecule has 0 radical (unpaired) electrons. The van der Waals surface area contributed by atoms with Crippen molar-refractivity contribution in [2.45, 2.75) is 19.0 Å². The predicted octanol–water partition coefficient (Wildman–Crippen LogP) is 3.21. The van der Waals surface area contributed by atoms with Gasteiger partial charge in [-0.25, -0.2) is 4.79 Å². The number of amides is 1. The van der Waals surface area contributed by atoms with Gasteiger partial charge in [-0.3, -0.25) is 4.90 Å². The van der Waals surface area contributed by atoms with Crippen LogP contribution in [0.25, 0.3) is 0 Å². The average molecular weight is 310 g/mol. The van der Waals surface area contributed by atoms with Crippen molar-refractivity contribution < 1.29 is 9.53 Å². The molecular formula is C19H22N2O2. The van der Waals surface area contributed by atoms with E-state index in [1.165, 1.54) is 11.1 Å². The van der Waals surface area contributed by atoms with E-state index in [0.717, 1.165) is 13.1 Å². The van der Waals surface area contributed by atoms with Crippen molar-refractivity contribution in [3.63, 3.8) is 0 Å². The fourth-order valence-electron chi connectivity index (χ4n) is 3.04. The third-order valence-electron chi connectivity index (χ3n) is 4.10. The van der Waals surface area contributed by atoms with Gasteiger partial charge in [-0.15, -0.1) is 0 Å². The first-order chi connectivity index (χ1) is 11.3. The molecule has 0 aliphatic carbocycles. The van der Waals surface area contributed by atoms with Crippen LogP contribution in [0.15, 0.2) is 60.7 Å². The van der Waals surface area contributed by atoms with E-state index in [0.29, 0.717) is 6.61 Å². The zero-order valence-corrected chi connectivity index (χ0v) is 13.3. The van der Waals surface area contributed by atoms with Gasteiger partial charge >= 0.3 is 6.09 Å². The van der Waals surface area contributed by atoms with Gasteiger partial charge in [0.1, 0.15) is 0 Å². The summed E-state index contributed by atoms with van der Waals surface area (Å²) in [5, 5.41) is 2.90. The van der Waals surface area contributed by atoms with Crippen LogP contribution in [0.3, 0.4) is 0 Å². The molecule has 1 aliphatic heterocycles. The Labute approximate surface area is 137 Å². The number of carbonyl (C=O) groups excluding carboxylic acids is 1. The Hall–Kier alpha value is -2.33. The smallest absolute Gasteiger partial charge is 0.407 e. The van der Waals surface area contributed by atoms with E-state index in [9.17, 15) is 4.79 Å². The normalized spacial score (nSPS) is 15.2. The summed E-state index contributed by atoms with van der Waals surface area (Å²) in [6, 6.07) is 21.3. The number of benzene rings is 2. The first kappa shape index (κ1) is 15.6. The second kappa shape index (κ2) is 7.29. The molecule has 0 unspecified atom stereocenters. The van der Waals surface area contributed by atoms with Crippen LogP contribution in [0.2, 0.25) is 0 Å². The summed E-state index contributed by atoms with van der Waals surface area (Å²) in [6.45, 7) is 3.87. The minimum atomic E-state index is -0.326. The standard InChI is InChI=1S/C19H22N2O2/c1-2-23-19(22)20-17-13-21(14-17)18(15-9-5-3-6-10-15)16-11-7-4-8-12-16/h3-12,17-18H,2,13-14H2,1H3,(H,20,22). The molecule has 0 aromatic heterocycles. The maximum Gasteiger partial charge on any atom is 0.407 e. The number of rotatable bonds is 5. The van der Waals surface area contributed by atoms with Crippen LogP contribution in [0.1, 0.15) is 24.1 Å². The summed E-state index contributed by atoms with van der Waals surface area (Å²) >= 11 is 0. The maximum atomic E-state index is 11.5. The fourth-order valence-corrected chi connectivity index (χ4v) is 3.04. The van der Waals surface area contributed by atoms with Gasteiger partial charge in [-0.2, -0.15) is 0 Å². The molecule has 1 saturated heterocycles. The van der Waals surface area contributed by atoms with Gasteiger partial charge < -0.3 is 10.1 Å². The highest BCUT2D eigenvalue weighted by molar-refractivity contribution is 5.67. The van der Waals surface area contributed by atoms with Gasteiger partial charge in [0, 0.05) is 13.1 Å². The molecule has 4 nitrogen and oxygen atoms in total. The Kier molecular flexibility index (Phi) is 4.93. The first-order valence-electron chi connectivity index (χ1n) is 8.05. The van der Waals surface area contributed by atoms with Crippen molar-refractivity contribution in [1.29, 1.82) is 0 Å². The number of alkyl carbamates (subject to hydrolysis) is 1. The first-order valence-corrected chi connectivity index (χ1v) is 8.05. The van der Waals surface area contributed by atoms with Crippen LogP contribution in [-0.2, 0) is 4.74 Å². The monoisotopic (exact) mass is 310 g/mol. The van der Waals surface area contributed by atoms with E-state index >= 15 is 0 Å². The van der Waals surface area contributed by atoms with Gasteiger partial charge in [0.15, 0.2) is 0 Å². The van der Waals surface area contributed by atoms with Gasteiger partial charge in [0.05, 0.1) is 18.7 Å². The van der Waals surface area contributed by atoms with E-state index in [1.807, 2.05) is 19.1 Å². The number of nitrogens with zero attached hydrogens (tertiary/aromatic N) is 1. The lowest BCUT2D eigenvalue weighted by Crippen LogP contribution is -2.60. The average Bonchev–Trinajstić information content (AvgIpc) is 2.55. The second-order valence-electron chi connectivity index (χ2n) is 5.74. The highest BCUT2D eigenvalue weighted by Gasteiger charge is 2.34. The Morgan fingerprint density at radius 2 is 1.61 bits per heavy atom. The summed E-state index contributed by atoms with van der Waals surface area (Å²) in [5.41, 5.74) is 2.54. The Morgan fingerprint density at radius 1 is 1.09 bits per heavy atom. The lowest BCUT2D eigenvalue weighted by Gasteiger charge is -2.44. The van der Waals surface area contributed by atoms with Crippen LogP contribution in [0.5, 0.6) is 0 Å². The van der Waals surface area contributed by atoms with Crippen molar-refractivity contribution in [2.75, 3.05) is 19.7 Å². The Balaban J connectivity index is 1.71. The number of hydrogen-bond donors (Lipinski definition) is 1. The minimum absolute atomic E-state index is 0.156. The topological polar surface area (TPSA) is 41.6 Å². The van der Waals surface area contributed by atoms with Crippen LogP contribution in [-0.4, -0.2) is 36.7 Å². The number of ether oxygens (including phenoxy) is 1. The second-order valence-corrected chi connectivity index (χ2v) is 5.74. The molecule has 0 spiro atoms. The molecular weight excluding hydrogens is 288 g/mol. The maximum absolute atomic E-state index is 11.5. The SMILES string of the molecule is CCOC(=O)NC1CN(C(c2ccccc2)c2ccccc2)C1. The third kappa shape index (κ3) is 3.71. The van der Waals surface area contributed by atoms with E-state index in [1.54, 1.807) is 0 Å². The van der Waals surface area contributed by atoms with Crippen molar-refractivity contribution in [3.05, 3.63) is 71.8 Å². The summed E-state index contributed by atoms with van der Waals surface area (Å²) < 4.78 is 4.94. The molecule has 4 heteroatoms. The minimum Gasteiger partial charge on any atom is -0.450 e. The molecule has 0 atom stereocenters. The van der Waals surface area contributed by atoms with E-state index in [4.69, 9.17) is 4.74 Å². The lowest BCUT2D eigenvalue weighted by atomic mass is 9.93. The molecule has 1 amide bonds. The predicted molar refractivity (Wildman–Crippen MR) is 90.2 cm³/mol. The lowest BCUT2D eigenvalue weighted by molar-refractivity contribution is 0.0820. The van der Waals surface area contributed by atoms with E-state index < -0.39 is 0 Å². The number of hydrogen-bond acceptors (Lipinski definition) is 3. The zero-order valence-electron chi connectivity index (χ0n) is 13.3. The van der Waals surface area contributed by atoms with Gasteiger partial charge in [-0.1, -0.05) is 60.7 Å². The van der Waals surface area contributed by atoms with Crippen LogP contribution >= 0.6 is 0 Å². The van der Waals surface area contributed by atoms with Crippen molar-refractivity contribution >= 4 is 6.09 Å². The molecule has 0 saturated carbocycles. The highest BCUT2D eigenvalue weighted by Crippen LogP contribution is 2.32. The summed E-state index contributed by atoms with van der Waals surface area (Å²) in [7, 11) is 0. The highest BCUT2D eigenvalue weighted by atomic mass is 16.5. The van der Waals surface area contributed by atoms with Crippen LogP contribution in [0.4, 0.5) is 4.79 Å². The Bertz CT molecular complexity index is 585. The zero-order chi connectivity index (χ0) is 16.1. The van der Waals surface area contributed by atoms with Gasteiger partial charge in [0.2, 0.25) is 0 Å². The molecule has 3 rings (SSSR count). The summed E-state index contributed by atoms with van der Waals surface area (Å²) in [4.78, 5) is 13.9. The van der Waals surface area contributed by atoms with Crippen LogP contribution in [0, 0.1) is 0 Å². The molecule has 1 heterocycles. The molecule has 2 aromatic rings. The fraction of sp³-hybridized carbons (Fsp3) is 0.316. The largest absolute Gasteiger partial charge is 0.450 e. The van der Waals surface area contributed by atoms with Gasteiger partial charge in [-0.05, 0) is 18.1 Å². The van der Waals surface area contributed by atoms with Gasteiger partial charge in [0.25, 0.3) is 0 Å². The number of carbonyl (C=O) groups is 1. The quantitative estimate of drug-likeness (QED) is 0.922. The van der Waals surface area contributed by atoms with Crippen LogP contribution < -0.4 is 5.32 Å². The summed E-state index contributed by atoms with van der Waals surface area (Å²) in [6.07, 6.45) is -0.326.